The van der Waals surface area contributed by atoms with Crippen LogP contribution in [0.4, 0.5) is 5.69 Å². The molecule has 1 N–H and O–H groups in total. The summed E-state index contributed by atoms with van der Waals surface area (Å²) < 4.78 is 12.5. The van der Waals surface area contributed by atoms with Gasteiger partial charge in [-0.1, -0.05) is 35.5 Å². The largest absolute Gasteiger partial charge is 0.463 e. The number of carbonyl (C=O) groups excluding carboxylic acids is 1. The minimum atomic E-state index is -0.338. The first-order chi connectivity index (χ1) is 16.7. The van der Waals surface area contributed by atoms with Crippen LogP contribution in [-0.2, 0) is 6.54 Å². The molecule has 5 aromatic rings. The number of nitrogens with one attached hydrogen (secondary N) is 1. The van der Waals surface area contributed by atoms with Gasteiger partial charge in [0.1, 0.15) is 5.69 Å². The molecule has 0 unspecified atom stereocenters. The molecule has 0 radical (unpaired) electrons. The lowest BCUT2D eigenvalue weighted by atomic mass is 10.1. The maximum atomic E-state index is 13.5. The van der Waals surface area contributed by atoms with Crippen molar-refractivity contribution in [1.82, 2.24) is 14.7 Å². The van der Waals surface area contributed by atoms with E-state index in [0.717, 1.165) is 24.1 Å². The third-order valence-electron chi connectivity index (χ3n) is 5.89. The van der Waals surface area contributed by atoms with Crippen LogP contribution in [0.1, 0.15) is 40.4 Å². The Morgan fingerprint density at radius 3 is 2.71 bits per heavy atom. The van der Waals surface area contributed by atoms with E-state index >= 15 is 0 Å². The Balaban J connectivity index is 1.37. The fraction of sp³-hybridized carbons (Fsp3) is 0.154. The van der Waals surface area contributed by atoms with Crippen LogP contribution in [0.3, 0.4) is 0 Å². The van der Waals surface area contributed by atoms with Crippen LogP contribution in [0.2, 0.25) is 0 Å². The molecule has 4 aromatic heterocycles. The van der Waals surface area contributed by atoms with Gasteiger partial charge in [0.15, 0.2) is 5.76 Å². The second-order valence-corrected chi connectivity index (χ2v) is 8.38. The number of benzene rings is 1. The number of hydrogen-bond acceptors (Lipinski definition) is 6. The van der Waals surface area contributed by atoms with Gasteiger partial charge in [-0.15, -0.1) is 0 Å². The number of anilines is 1. The summed E-state index contributed by atoms with van der Waals surface area (Å²) in [6, 6.07) is 17.9. The molecule has 34 heavy (non-hydrogen) atoms. The van der Waals surface area contributed by atoms with E-state index in [9.17, 15) is 9.59 Å². The summed E-state index contributed by atoms with van der Waals surface area (Å²) in [6.07, 6.45) is 5.21. The fourth-order valence-electron chi connectivity index (χ4n) is 4.05. The van der Waals surface area contributed by atoms with Gasteiger partial charge in [-0.3, -0.25) is 9.59 Å². The summed E-state index contributed by atoms with van der Waals surface area (Å²) in [6.45, 7) is 0.406. The molecule has 6 rings (SSSR count). The molecule has 1 fully saturated rings. The quantitative estimate of drug-likeness (QED) is 0.396. The van der Waals surface area contributed by atoms with Crippen LogP contribution < -0.4 is 10.9 Å². The molecule has 1 amide bonds. The first-order valence-corrected chi connectivity index (χ1v) is 11.1. The standard InChI is InChI=1S/C26H20N4O4/c31-22-11-10-18(15-30(22)14-16-5-2-1-3-6-16)27-25(32)19-13-20(21-7-4-12-33-21)28-26-23(19)24(29-34-26)17-8-9-17/h1-7,10-13,15,17H,8-9,14H2,(H,27,32). The van der Waals surface area contributed by atoms with Crippen molar-refractivity contribution >= 4 is 22.7 Å². The van der Waals surface area contributed by atoms with Gasteiger partial charge in [0.05, 0.1) is 35.1 Å². The van der Waals surface area contributed by atoms with E-state index in [0.29, 0.717) is 40.3 Å². The molecule has 1 aliphatic carbocycles. The summed E-state index contributed by atoms with van der Waals surface area (Å²) in [5, 5.41) is 7.75. The predicted octanol–water partition coefficient (Wildman–Crippen LogP) is 4.82. The van der Waals surface area contributed by atoms with Gasteiger partial charge in [-0.05, 0) is 42.7 Å². The molecule has 8 nitrogen and oxygen atoms in total. The van der Waals surface area contributed by atoms with Crippen molar-refractivity contribution in [1.29, 1.82) is 0 Å². The third-order valence-corrected chi connectivity index (χ3v) is 5.89. The highest BCUT2D eigenvalue weighted by molar-refractivity contribution is 6.13. The van der Waals surface area contributed by atoms with E-state index in [4.69, 9.17) is 8.94 Å². The monoisotopic (exact) mass is 452 g/mol. The Morgan fingerprint density at radius 2 is 1.94 bits per heavy atom. The van der Waals surface area contributed by atoms with Gasteiger partial charge in [-0.2, -0.15) is 0 Å². The third kappa shape index (κ3) is 3.79. The van der Waals surface area contributed by atoms with E-state index in [-0.39, 0.29) is 17.4 Å². The maximum Gasteiger partial charge on any atom is 0.259 e. The van der Waals surface area contributed by atoms with E-state index < -0.39 is 0 Å². The second-order valence-electron chi connectivity index (χ2n) is 8.38. The van der Waals surface area contributed by atoms with E-state index in [1.54, 1.807) is 41.3 Å². The number of hydrogen-bond donors (Lipinski definition) is 1. The number of nitrogens with zero attached hydrogens (tertiary/aromatic N) is 3. The fourth-order valence-corrected chi connectivity index (χ4v) is 4.05. The van der Waals surface area contributed by atoms with Gasteiger partial charge in [-0.25, -0.2) is 4.98 Å². The molecule has 4 heterocycles. The Labute approximate surface area is 193 Å². The van der Waals surface area contributed by atoms with Gasteiger partial charge < -0.3 is 18.8 Å². The predicted molar refractivity (Wildman–Crippen MR) is 126 cm³/mol. The van der Waals surface area contributed by atoms with Crippen LogP contribution in [0.25, 0.3) is 22.6 Å². The van der Waals surface area contributed by atoms with Gasteiger partial charge in [0.25, 0.3) is 17.2 Å². The summed E-state index contributed by atoms with van der Waals surface area (Å²) in [7, 11) is 0. The second kappa shape index (κ2) is 8.15. The highest BCUT2D eigenvalue weighted by Gasteiger charge is 2.32. The SMILES string of the molecule is O=C(Nc1ccc(=O)n(Cc2ccccc2)c1)c1cc(-c2ccco2)nc2onc(C3CC3)c12. The number of aromatic nitrogens is 3. The average Bonchev–Trinajstić information content (AvgIpc) is 3.37. The zero-order chi connectivity index (χ0) is 23.1. The molecule has 0 aliphatic heterocycles. The number of fused-ring (bicyclic) bond motifs is 1. The average molecular weight is 452 g/mol. The lowest BCUT2D eigenvalue weighted by Gasteiger charge is -2.11. The van der Waals surface area contributed by atoms with Crippen LogP contribution in [0.15, 0.2) is 86.9 Å². The lowest BCUT2D eigenvalue weighted by Crippen LogP contribution is -2.21. The van der Waals surface area contributed by atoms with Crippen molar-refractivity contribution in [3.05, 3.63) is 100 Å². The van der Waals surface area contributed by atoms with Crippen molar-refractivity contribution < 1.29 is 13.7 Å². The molecular formula is C26H20N4O4. The lowest BCUT2D eigenvalue weighted by molar-refractivity contribution is 0.102. The summed E-state index contributed by atoms with van der Waals surface area (Å²) >= 11 is 0. The van der Waals surface area contributed by atoms with E-state index in [2.05, 4.69) is 15.5 Å². The molecule has 1 saturated carbocycles. The Kier molecular flexibility index (Phi) is 4.83. The van der Waals surface area contributed by atoms with Gasteiger partial charge in [0.2, 0.25) is 0 Å². The zero-order valence-corrected chi connectivity index (χ0v) is 18.1. The molecule has 0 atom stereocenters. The van der Waals surface area contributed by atoms with Crippen LogP contribution in [0, 0.1) is 0 Å². The maximum absolute atomic E-state index is 13.5. The smallest absolute Gasteiger partial charge is 0.259 e. The summed E-state index contributed by atoms with van der Waals surface area (Å²) in [4.78, 5) is 30.4. The minimum absolute atomic E-state index is 0.150. The van der Waals surface area contributed by atoms with Crippen molar-refractivity contribution in [3.63, 3.8) is 0 Å². The zero-order valence-electron chi connectivity index (χ0n) is 18.1. The summed E-state index contributed by atoms with van der Waals surface area (Å²) in [5.74, 6) is 0.462. The van der Waals surface area contributed by atoms with Crippen LogP contribution in [0.5, 0.6) is 0 Å². The van der Waals surface area contributed by atoms with Crippen LogP contribution >= 0.6 is 0 Å². The number of pyridine rings is 2. The number of amides is 1. The molecule has 0 spiro atoms. The summed E-state index contributed by atoms with van der Waals surface area (Å²) in [5.41, 5.74) is 3.29. The number of furan rings is 1. The molecule has 0 bridgehead atoms. The molecule has 168 valence electrons. The Hall–Kier alpha value is -4.46. The molecular weight excluding hydrogens is 432 g/mol. The van der Waals surface area contributed by atoms with E-state index in [1.165, 1.54) is 6.07 Å². The highest BCUT2D eigenvalue weighted by atomic mass is 16.5. The van der Waals surface area contributed by atoms with Crippen molar-refractivity contribution in [2.45, 2.75) is 25.3 Å². The molecule has 1 aliphatic rings. The van der Waals surface area contributed by atoms with Crippen molar-refractivity contribution in [2.75, 3.05) is 5.32 Å². The topological polar surface area (TPSA) is 103 Å². The number of carbonyl (C=O) groups is 1. The normalized spacial score (nSPS) is 13.3. The first-order valence-electron chi connectivity index (χ1n) is 11.1. The highest BCUT2D eigenvalue weighted by Crippen LogP contribution is 2.43. The Morgan fingerprint density at radius 1 is 1.09 bits per heavy atom. The number of rotatable bonds is 6. The Bertz CT molecular complexity index is 1550. The molecule has 1 aromatic carbocycles. The minimum Gasteiger partial charge on any atom is -0.463 e. The van der Waals surface area contributed by atoms with Crippen LogP contribution in [-0.4, -0.2) is 20.6 Å². The van der Waals surface area contributed by atoms with Gasteiger partial charge >= 0.3 is 0 Å². The van der Waals surface area contributed by atoms with Crippen molar-refractivity contribution in [2.24, 2.45) is 0 Å². The van der Waals surface area contributed by atoms with E-state index in [1.807, 2.05) is 30.3 Å². The van der Waals surface area contributed by atoms with Crippen molar-refractivity contribution in [3.8, 4) is 11.5 Å². The molecule has 8 heteroatoms. The van der Waals surface area contributed by atoms with Gasteiger partial charge in [0, 0.05) is 18.2 Å². The molecule has 0 saturated heterocycles. The first kappa shape index (κ1) is 20.2.